The SMILES string of the molecule is CN(C)[C@@H]1C(=O)C(C(N)=O)=C(O)[C@@]2(O)C(=O)C3=C(O)c4c(O)cc(CN(C)C(C)(C)C(N)=O)c(Cl)c4C[C@H]3C[C@@H]12. The van der Waals surface area contributed by atoms with E-state index in [1.54, 1.807) is 25.8 Å². The van der Waals surface area contributed by atoms with Gasteiger partial charge in [-0.3, -0.25) is 29.0 Å². The lowest BCUT2D eigenvalue weighted by Gasteiger charge is -2.50. The lowest BCUT2D eigenvalue weighted by atomic mass is 9.57. The number of hydrogen-bond acceptors (Lipinski definition) is 10. The molecule has 1 aromatic carbocycles. The molecule has 0 aliphatic heterocycles. The molecule has 1 saturated carbocycles. The monoisotopic (exact) mass is 576 g/mol. The van der Waals surface area contributed by atoms with E-state index in [0.29, 0.717) is 11.1 Å². The summed E-state index contributed by atoms with van der Waals surface area (Å²) in [6.07, 6.45) is -0.000607. The number of nitrogens with two attached hydrogens (primary N) is 2. The first-order chi connectivity index (χ1) is 18.4. The van der Waals surface area contributed by atoms with Gasteiger partial charge in [0.25, 0.3) is 5.91 Å². The first-order valence-electron chi connectivity index (χ1n) is 12.6. The number of phenols is 1. The molecular formula is C27H33ClN4O8. The Morgan fingerprint density at radius 1 is 1.15 bits per heavy atom. The van der Waals surface area contributed by atoms with Crippen molar-refractivity contribution in [1.29, 1.82) is 0 Å². The molecule has 3 aliphatic carbocycles. The zero-order chi connectivity index (χ0) is 30.2. The van der Waals surface area contributed by atoms with Crippen molar-refractivity contribution in [3.63, 3.8) is 0 Å². The van der Waals surface area contributed by atoms with Gasteiger partial charge in [-0.2, -0.15) is 0 Å². The Bertz CT molecular complexity index is 1430. The molecule has 40 heavy (non-hydrogen) atoms. The van der Waals surface area contributed by atoms with Gasteiger partial charge in [0, 0.05) is 23.1 Å². The number of rotatable bonds is 6. The lowest BCUT2D eigenvalue weighted by Crippen LogP contribution is -2.65. The number of carbonyl (C=O) groups excluding carboxylic acids is 4. The van der Waals surface area contributed by atoms with E-state index in [0.717, 1.165) is 0 Å². The summed E-state index contributed by atoms with van der Waals surface area (Å²) < 4.78 is 0. The van der Waals surface area contributed by atoms with Crippen LogP contribution in [0.3, 0.4) is 0 Å². The van der Waals surface area contributed by atoms with Crippen molar-refractivity contribution in [1.82, 2.24) is 9.80 Å². The van der Waals surface area contributed by atoms with Crippen LogP contribution < -0.4 is 11.5 Å². The number of ketones is 2. The number of primary amides is 2. The van der Waals surface area contributed by atoms with Gasteiger partial charge in [0.2, 0.25) is 11.7 Å². The lowest BCUT2D eigenvalue weighted by molar-refractivity contribution is -0.153. The number of likely N-dealkylation sites (N-methyl/N-ethyl adjacent to an activating group) is 2. The number of aliphatic hydroxyl groups is 3. The molecule has 3 aliphatic rings. The van der Waals surface area contributed by atoms with Gasteiger partial charge in [-0.1, -0.05) is 11.6 Å². The van der Waals surface area contributed by atoms with Crippen molar-refractivity contribution >= 4 is 40.7 Å². The Morgan fingerprint density at radius 3 is 2.27 bits per heavy atom. The zero-order valence-corrected chi connectivity index (χ0v) is 23.5. The predicted octanol–water partition coefficient (Wildman–Crippen LogP) is 0.313. The maximum Gasteiger partial charge on any atom is 0.255 e. The van der Waals surface area contributed by atoms with Gasteiger partial charge in [-0.25, -0.2) is 0 Å². The minimum atomic E-state index is -2.72. The maximum atomic E-state index is 13.9. The van der Waals surface area contributed by atoms with E-state index in [1.165, 1.54) is 25.1 Å². The van der Waals surface area contributed by atoms with E-state index in [2.05, 4.69) is 0 Å². The van der Waals surface area contributed by atoms with Crippen LogP contribution in [0, 0.1) is 11.8 Å². The van der Waals surface area contributed by atoms with E-state index < -0.39 is 75.2 Å². The third-order valence-electron chi connectivity index (χ3n) is 8.69. The van der Waals surface area contributed by atoms with Crippen LogP contribution in [0.25, 0.3) is 5.76 Å². The third-order valence-corrected chi connectivity index (χ3v) is 9.16. The van der Waals surface area contributed by atoms with Crippen molar-refractivity contribution in [3.05, 3.63) is 44.7 Å². The number of Topliss-reactive ketones (excluding diaryl/α,β-unsaturated/α-hetero) is 2. The molecule has 0 bridgehead atoms. The summed E-state index contributed by atoms with van der Waals surface area (Å²) in [5.74, 6) is -7.93. The second-order valence-corrected chi connectivity index (χ2v) is 11.8. The number of amides is 2. The standard InChI is InChI=1S/C27H33ClN4O8/c1-26(2,25(30)39)32(5)9-11-8-14(33)16-12(18(11)28)6-10-7-13-19(31(3)4)21(35)17(24(29)38)23(37)27(13,40)22(36)15(10)20(16)34/h8,10,13,19,33-34,37,40H,6-7,9H2,1-5H3,(H2,29,38)(H2,30,39)/t10-,13-,19-,27-/m0/s1. The topological polar surface area (TPSA) is 208 Å². The molecule has 1 aromatic rings. The fourth-order valence-corrected chi connectivity index (χ4v) is 6.39. The average molecular weight is 577 g/mol. The van der Waals surface area contributed by atoms with Crippen LogP contribution in [-0.2, 0) is 32.1 Å². The minimum absolute atomic E-state index is 0.0533. The van der Waals surface area contributed by atoms with Gasteiger partial charge < -0.3 is 31.9 Å². The second-order valence-electron chi connectivity index (χ2n) is 11.5. The smallest absolute Gasteiger partial charge is 0.255 e. The summed E-state index contributed by atoms with van der Waals surface area (Å²) in [4.78, 5) is 54.1. The van der Waals surface area contributed by atoms with Crippen LogP contribution in [0.15, 0.2) is 23.0 Å². The zero-order valence-electron chi connectivity index (χ0n) is 22.8. The number of fused-ring (bicyclic) bond motifs is 3. The van der Waals surface area contributed by atoms with Crippen LogP contribution in [0.4, 0.5) is 0 Å². The van der Waals surface area contributed by atoms with E-state index in [4.69, 9.17) is 23.1 Å². The molecule has 0 unspecified atom stereocenters. The fourth-order valence-electron chi connectivity index (χ4n) is 6.10. The highest BCUT2D eigenvalue weighted by Crippen LogP contribution is 2.53. The number of phenolic OH excluding ortho intramolecular Hbond substituents is 1. The van der Waals surface area contributed by atoms with E-state index >= 15 is 0 Å². The predicted molar refractivity (Wildman–Crippen MR) is 144 cm³/mol. The van der Waals surface area contributed by atoms with Gasteiger partial charge in [0.1, 0.15) is 22.8 Å². The molecule has 0 heterocycles. The van der Waals surface area contributed by atoms with Gasteiger partial charge in [0.15, 0.2) is 11.4 Å². The number of benzene rings is 1. The quantitative estimate of drug-likeness (QED) is 0.255. The summed E-state index contributed by atoms with van der Waals surface area (Å²) in [6, 6.07) is 0.123. The first kappa shape index (κ1) is 29.5. The third kappa shape index (κ3) is 4.00. The molecule has 13 heteroatoms. The molecular weight excluding hydrogens is 544 g/mol. The van der Waals surface area contributed by atoms with E-state index in [-0.39, 0.29) is 35.5 Å². The molecule has 0 aromatic heterocycles. The molecule has 0 spiro atoms. The molecule has 216 valence electrons. The highest BCUT2D eigenvalue weighted by molar-refractivity contribution is 6.32. The number of hydrogen-bond donors (Lipinski definition) is 6. The Morgan fingerprint density at radius 2 is 1.75 bits per heavy atom. The second kappa shape index (κ2) is 9.58. The summed E-state index contributed by atoms with van der Waals surface area (Å²) in [7, 11) is 4.72. The van der Waals surface area contributed by atoms with Crippen molar-refractivity contribution in [2.75, 3.05) is 21.1 Å². The molecule has 8 N–H and O–H groups in total. The van der Waals surface area contributed by atoms with Crippen molar-refractivity contribution in [3.8, 4) is 5.75 Å². The number of nitrogens with zero attached hydrogens (tertiary/aromatic N) is 2. The molecule has 1 fully saturated rings. The highest BCUT2D eigenvalue weighted by atomic mass is 35.5. The summed E-state index contributed by atoms with van der Waals surface area (Å²) >= 11 is 6.77. The summed E-state index contributed by atoms with van der Waals surface area (Å²) in [5, 5.41) is 45.0. The number of aliphatic hydroxyl groups excluding tert-OH is 2. The Kier molecular flexibility index (Phi) is 7.07. The Hall–Kier alpha value is -3.45. The minimum Gasteiger partial charge on any atom is -0.508 e. The largest absolute Gasteiger partial charge is 0.508 e. The van der Waals surface area contributed by atoms with Gasteiger partial charge >= 0.3 is 0 Å². The Balaban J connectivity index is 1.88. The van der Waals surface area contributed by atoms with Gasteiger partial charge in [-0.05, 0) is 70.9 Å². The molecule has 0 saturated heterocycles. The van der Waals surface area contributed by atoms with E-state index in [1.807, 2.05) is 0 Å². The average Bonchev–Trinajstić information content (AvgIpc) is 2.83. The summed E-state index contributed by atoms with van der Waals surface area (Å²) in [5.41, 5.74) is 6.62. The van der Waals surface area contributed by atoms with Crippen LogP contribution in [0.5, 0.6) is 5.75 Å². The maximum absolute atomic E-state index is 13.9. The fraction of sp³-hybridized carbons (Fsp3) is 0.481. The van der Waals surface area contributed by atoms with Crippen molar-refractivity contribution in [2.45, 2.75) is 50.4 Å². The van der Waals surface area contributed by atoms with Crippen LogP contribution in [0.2, 0.25) is 5.02 Å². The van der Waals surface area contributed by atoms with Gasteiger partial charge in [0.05, 0.1) is 17.1 Å². The van der Waals surface area contributed by atoms with E-state index in [9.17, 15) is 39.6 Å². The van der Waals surface area contributed by atoms with Crippen LogP contribution in [-0.4, -0.2) is 91.9 Å². The summed E-state index contributed by atoms with van der Waals surface area (Å²) in [6.45, 7) is 3.39. The first-order valence-corrected chi connectivity index (χ1v) is 13.0. The molecule has 4 atom stereocenters. The van der Waals surface area contributed by atoms with Gasteiger partial charge in [-0.15, -0.1) is 0 Å². The number of halogens is 1. The molecule has 4 rings (SSSR count). The normalized spacial score (nSPS) is 26.7. The van der Waals surface area contributed by atoms with Crippen molar-refractivity contribution in [2.24, 2.45) is 23.3 Å². The Labute approximate surface area is 235 Å². The molecule has 0 radical (unpaired) electrons. The van der Waals surface area contributed by atoms with Crippen LogP contribution >= 0.6 is 11.6 Å². The molecule has 2 amide bonds. The highest BCUT2D eigenvalue weighted by Gasteiger charge is 2.64. The number of carbonyl (C=O) groups is 4. The van der Waals surface area contributed by atoms with Crippen molar-refractivity contribution < 1.29 is 39.6 Å². The molecule has 12 nitrogen and oxygen atoms in total. The van der Waals surface area contributed by atoms with Crippen LogP contribution in [0.1, 0.15) is 37.0 Å². The number of aromatic hydroxyl groups is 1.